The molecule has 0 aliphatic rings. The SMILES string of the molecule is CCCCCC(NN)c1ccc(Cl)cc1Br. The minimum atomic E-state index is 0.193. The lowest BCUT2D eigenvalue weighted by Crippen LogP contribution is -2.28. The quantitative estimate of drug-likeness (QED) is 0.470. The van der Waals surface area contributed by atoms with Gasteiger partial charge in [-0.1, -0.05) is 59.8 Å². The Labute approximate surface area is 111 Å². The fraction of sp³-hybridized carbons (Fsp3) is 0.500. The van der Waals surface area contributed by atoms with Crippen LogP contribution in [0.2, 0.25) is 5.02 Å². The zero-order valence-electron chi connectivity index (χ0n) is 9.47. The smallest absolute Gasteiger partial charge is 0.0471 e. The highest BCUT2D eigenvalue weighted by atomic mass is 79.9. The molecule has 1 unspecified atom stereocenters. The molecule has 3 N–H and O–H groups in total. The van der Waals surface area contributed by atoms with Crippen molar-refractivity contribution in [1.29, 1.82) is 0 Å². The molecule has 0 spiro atoms. The number of nitrogens with two attached hydrogens (primary N) is 1. The van der Waals surface area contributed by atoms with Crippen LogP contribution in [0.15, 0.2) is 22.7 Å². The van der Waals surface area contributed by atoms with Crippen molar-refractivity contribution >= 4 is 27.5 Å². The van der Waals surface area contributed by atoms with E-state index in [4.69, 9.17) is 17.4 Å². The van der Waals surface area contributed by atoms with Crippen molar-refractivity contribution in [1.82, 2.24) is 5.43 Å². The highest BCUT2D eigenvalue weighted by Gasteiger charge is 2.12. The molecule has 1 aromatic rings. The minimum Gasteiger partial charge on any atom is -0.271 e. The van der Waals surface area contributed by atoms with Gasteiger partial charge in [-0.05, 0) is 24.1 Å². The van der Waals surface area contributed by atoms with Crippen molar-refractivity contribution in [2.24, 2.45) is 5.84 Å². The summed E-state index contributed by atoms with van der Waals surface area (Å²) in [5.41, 5.74) is 4.03. The summed E-state index contributed by atoms with van der Waals surface area (Å²) >= 11 is 9.43. The van der Waals surface area contributed by atoms with Gasteiger partial charge in [0.15, 0.2) is 0 Å². The molecule has 0 radical (unpaired) electrons. The van der Waals surface area contributed by atoms with Gasteiger partial charge >= 0.3 is 0 Å². The predicted octanol–water partition coefficient (Wildman–Crippen LogP) is 4.19. The third-order valence-electron chi connectivity index (χ3n) is 2.64. The Morgan fingerprint density at radius 2 is 2.19 bits per heavy atom. The summed E-state index contributed by atoms with van der Waals surface area (Å²) in [4.78, 5) is 0. The van der Waals surface area contributed by atoms with E-state index < -0.39 is 0 Å². The Morgan fingerprint density at radius 1 is 1.44 bits per heavy atom. The molecule has 1 aromatic carbocycles. The average molecular weight is 306 g/mol. The average Bonchev–Trinajstić information content (AvgIpc) is 2.26. The van der Waals surface area contributed by atoms with E-state index in [0.717, 1.165) is 15.9 Å². The molecule has 4 heteroatoms. The summed E-state index contributed by atoms with van der Waals surface area (Å²) in [6.07, 6.45) is 4.69. The van der Waals surface area contributed by atoms with E-state index >= 15 is 0 Å². The number of halogens is 2. The van der Waals surface area contributed by atoms with Gasteiger partial charge in [-0.2, -0.15) is 0 Å². The van der Waals surface area contributed by atoms with Crippen LogP contribution in [-0.2, 0) is 0 Å². The highest BCUT2D eigenvalue weighted by molar-refractivity contribution is 9.10. The standard InChI is InChI=1S/C12H18BrClN2/c1-2-3-4-5-12(16-15)10-7-6-9(14)8-11(10)13/h6-8,12,16H,2-5,15H2,1H3. The second-order valence-corrected chi connectivity index (χ2v) is 5.17. The predicted molar refractivity (Wildman–Crippen MR) is 73.4 cm³/mol. The Hall–Kier alpha value is -0.0900. The van der Waals surface area contributed by atoms with Gasteiger partial charge in [-0.15, -0.1) is 0 Å². The molecule has 0 amide bonds. The molecular weight excluding hydrogens is 288 g/mol. The van der Waals surface area contributed by atoms with E-state index in [2.05, 4.69) is 28.3 Å². The number of benzene rings is 1. The molecule has 0 heterocycles. The number of unbranched alkanes of at least 4 members (excludes halogenated alkanes) is 2. The molecule has 0 aliphatic carbocycles. The lowest BCUT2D eigenvalue weighted by Gasteiger charge is -2.17. The Bertz CT molecular complexity index is 331. The van der Waals surface area contributed by atoms with Crippen LogP contribution in [0.5, 0.6) is 0 Å². The van der Waals surface area contributed by atoms with E-state index in [0.29, 0.717) is 0 Å². The maximum Gasteiger partial charge on any atom is 0.0471 e. The molecule has 0 fully saturated rings. The van der Waals surface area contributed by atoms with E-state index in [1.165, 1.54) is 24.8 Å². The van der Waals surface area contributed by atoms with Gasteiger partial charge in [0, 0.05) is 15.5 Å². The van der Waals surface area contributed by atoms with Crippen LogP contribution in [0, 0.1) is 0 Å². The highest BCUT2D eigenvalue weighted by Crippen LogP contribution is 2.29. The summed E-state index contributed by atoms with van der Waals surface area (Å²) in [5, 5.41) is 0.736. The second kappa shape index (κ2) is 7.28. The fourth-order valence-corrected chi connectivity index (χ4v) is 2.67. The van der Waals surface area contributed by atoms with E-state index in [1.807, 2.05) is 18.2 Å². The van der Waals surface area contributed by atoms with Gasteiger partial charge in [0.2, 0.25) is 0 Å². The first kappa shape index (κ1) is 14.0. The summed E-state index contributed by atoms with van der Waals surface area (Å²) in [7, 11) is 0. The number of hydrogen-bond donors (Lipinski definition) is 2. The maximum absolute atomic E-state index is 5.91. The van der Waals surface area contributed by atoms with Crippen molar-refractivity contribution < 1.29 is 0 Å². The van der Waals surface area contributed by atoms with Crippen LogP contribution >= 0.6 is 27.5 Å². The van der Waals surface area contributed by atoms with Crippen molar-refractivity contribution in [3.8, 4) is 0 Å². The van der Waals surface area contributed by atoms with Gasteiger partial charge in [-0.3, -0.25) is 11.3 Å². The lowest BCUT2D eigenvalue weighted by molar-refractivity contribution is 0.485. The van der Waals surface area contributed by atoms with Crippen LogP contribution in [-0.4, -0.2) is 0 Å². The topological polar surface area (TPSA) is 38.0 Å². The molecular formula is C12H18BrClN2. The van der Waals surface area contributed by atoms with Gasteiger partial charge in [0.1, 0.15) is 0 Å². The van der Waals surface area contributed by atoms with E-state index in [1.54, 1.807) is 0 Å². The zero-order valence-corrected chi connectivity index (χ0v) is 11.8. The van der Waals surface area contributed by atoms with E-state index in [-0.39, 0.29) is 6.04 Å². The van der Waals surface area contributed by atoms with Crippen LogP contribution in [0.4, 0.5) is 0 Å². The third kappa shape index (κ3) is 4.06. The molecule has 0 aliphatic heterocycles. The number of nitrogens with one attached hydrogen (secondary N) is 1. The molecule has 90 valence electrons. The summed E-state index contributed by atoms with van der Waals surface area (Å²) in [6, 6.07) is 6.01. The molecule has 0 aromatic heterocycles. The van der Waals surface area contributed by atoms with Crippen LogP contribution in [0.3, 0.4) is 0 Å². The van der Waals surface area contributed by atoms with Crippen molar-refractivity contribution in [3.05, 3.63) is 33.3 Å². The summed E-state index contributed by atoms with van der Waals surface area (Å²) < 4.78 is 1.01. The van der Waals surface area contributed by atoms with Crippen LogP contribution in [0.1, 0.15) is 44.2 Å². The van der Waals surface area contributed by atoms with Gasteiger partial charge in [0.05, 0.1) is 0 Å². The van der Waals surface area contributed by atoms with Crippen molar-refractivity contribution in [3.63, 3.8) is 0 Å². The molecule has 0 bridgehead atoms. The summed E-state index contributed by atoms with van der Waals surface area (Å²) in [5.74, 6) is 5.59. The van der Waals surface area contributed by atoms with Crippen molar-refractivity contribution in [2.75, 3.05) is 0 Å². The van der Waals surface area contributed by atoms with Crippen LogP contribution < -0.4 is 11.3 Å². The number of rotatable bonds is 6. The van der Waals surface area contributed by atoms with Crippen molar-refractivity contribution in [2.45, 2.75) is 38.6 Å². The van der Waals surface area contributed by atoms with Gasteiger partial charge < -0.3 is 0 Å². The first-order valence-electron chi connectivity index (χ1n) is 5.60. The fourth-order valence-electron chi connectivity index (χ4n) is 1.71. The number of hydrazine groups is 1. The van der Waals surface area contributed by atoms with Crippen LogP contribution in [0.25, 0.3) is 0 Å². The zero-order chi connectivity index (χ0) is 12.0. The molecule has 2 nitrogen and oxygen atoms in total. The third-order valence-corrected chi connectivity index (χ3v) is 3.56. The first-order valence-corrected chi connectivity index (χ1v) is 6.77. The Kier molecular flexibility index (Phi) is 6.36. The molecule has 1 atom stereocenters. The molecule has 0 saturated carbocycles. The molecule has 1 rings (SSSR count). The summed E-state index contributed by atoms with van der Waals surface area (Å²) in [6.45, 7) is 2.20. The Balaban J connectivity index is 2.70. The molecule has 16 heavy (non-hydrogen) atoms. The Morgan fingerprint density at radius 3 is 2.75 bits per heavy atom. The molecule has 0 saturated heterocycles. The largest absolute Gasteiger partial charge is 0.271 e. The first-order chi connectivity index (χ1) is 7.69. The lowest BCUT2D eigenvalue weighted by atomic mass is 10.0. The van der Waals surface area contributed by atoms with Gasteiger partial charge in [-0.25, -0.2) is 0 Å². The van der Waals surface area contributed by atoms with Gasteiger partial charge in [0.25, 0.3) is 0 Å². The normalized spacial score (nSPS) is 12.8. The second-order valence-electron chi connectivity index (χ2n) is 3.88. The van der Waals surface area contributed by atoms with E-state index in [9.17, 15) is 0 Å². The minimum absolute atomic E-state index is 0.193. The maximum atomic E-state index is 5.91. The number of hydrogen-bond acceptors (Lipinski definition) is 2. The monoisotopic (exact) mass is 304 g/mol.